The van der Waals surface area contributed by atoms with Gasteiger partial charge in [0.15, 0.2) is 0 Å². The number of fused-ring (bicyclic) bond motifs is 1. The summed E-state index contributed by atoms with van der Waals surface area (Å²) in [7, 11) is 0. The van der Waals surface area contributed by atoms with Crippen molar-refractivity contribution < 1.29 is 9.90 Å². The molecule has 0 amide bonds. The molecule has 0 saturated heterocycles. The molecule has 3 rings (SSSR count). The number of rotatable bonds is 2. The first kappa shape index (κ1) is 13.8. The van der Waals surface area contributed by atoms with E-state index in [1.807, 2.05) is 31.3 Å². The fourth-order valence-electron chi connectivity index (χ4n) is 3.39. The van der Waals surface area contributed by atoms with Crippen LogP contribution in [-0.2, 0) is 6.42 Å². The standard InChI is InChI=1S/C18H19NO2/c1-11-9-12(2)16(18(20)21)10-15(11)14-7-3-5-13-6-4-8-19-17(13)14/h4,6,8-10,14H,3,5,7H2,1-2H3,(H,20,21). The lowest BCUT2D eigenvalue weighted by Gasteiger charge is -2.26. The van der Waals surface area contributed by atoms with Crippen LogP contribution >= 0.6 is 0 Å². The molecule has 2 aromatic rings. The Bertz CT molecular complexity index is 706. The molecular weight excluding hydrogens is 262 g/mol. The molecule has 1 atom stereocenters. The smallest absolute Gasteiger partial charge is 0.335 e. The zero-order valence-corrected chi connectivity index (χ0v) is 12.4. The summed E-state index contributed by atoms with van der Waals surface area (Å²) in [6.07, 6.45) is 5.06. The minimum atomic E-state index is -0.856. The molecule has 1 heterocycles. The molecule has 0 radical (unpaired) electrons. The molecule has 108 valence electrons. The number of carbonyl (C=O) groups is 1. The van der Waals surface area contributed by atoms with Gasteiger partial charge in [-0.3, -0.25) is 4.98 Å². The van der Waals surface area contributed by atoms with Crippen LogP contribution in [0.15, 0.2) is 30.5 Å². The highest BCUT2D eigenvalue weighted by Gasteiger charge is 2.25. The lowest BCUT2D eigenvalue weighted by Crippen LogP contribution is -2.15. The Labute approximate surface area is 124 Å². The van der Waals surface area contributed by atoms with Crippen molar-refractivity contribution in [1.29, 1.82) is 0 Å². The Morgan fingerprint density at radius 1 is 1.29 bits per heavy atom. The number of hydrogen-bond acceptors (Lipinski definition) is 2. The van der Waals surface area contributed by atoms with Gasteiger partial charge < -0.3 is 5.11 Å². The molecule has 1 unspecified atom stereocenters. The molecule has 21 heavy (non-hydrogen) atoms. The van der Waals surface area contributed by atoms with Crippen LogP contribution in [0.5, 0.6) is 0 Å². The maximum atomic E-state index is 11.4. The molecule has 0 saturated carbocycles. The fourth-order valence-corrected chi connectivity index (χ4v) is 3.39. The van der Waals surface area contributed by atoms with E-state index in [0.717, 1.165) is 41.6 Å². The lowest BCUT2D eigenvalue weighted by atomic mass is 9.79. The topological polar surface area (TPSA) is 50.2 Å². The van der Waals surface area contributed by atoms with Gasteiger partial charge in [0.05, 0.1) is 11.3 Å². The number of aryl methyl sites for hydroxylation is 3. The van der Waals surface area contributed by atoms with E-state index in [-0.39, 0.29) is 5.92 Å². The molecule has 0 spiro atoms. The first-order valence-corrected chi connectivity index (χ1v) is 7.36. The van der Waals surface area contributed by atoms with Crippen molar-refractivity contribution in [2.75, 3.05) is 0 Å². The molecule has 0 bridgehead atoms. The van der Waals surface area contributed by atoms with Gasteiger partial charge in [0, 0.05) is 12.1 Å². The quantitative estimate of drug-likeness (QED) is 0.909. The van der Waals surface area contributed by atoms with Crippen LogP contribution in [0.25, 0.3) is 0 Å². The van der Waals surface area contributed by atoms with Gasteiger partial charge in [-0.05, 0) is 67.5 Å². The Kier molecular flexibility index (Phi) is 3.50. The lowest BCUT2D eigenvalue weighted by molar-refractivity contribution is 0.0696. The van der Waals surface area contributed by atoms with Crippen molar-refractivity contribution in [2.24, 2.45) is 0 Å². The van der Waals surface area contributed by atoms with Crippen molar-refractivity contribution in [3.05, 3.63) is 64.0 Å². The SMILES string of the molecule is Cc1cc(C)c(C2CCCc3cccnc32)cc1C(=O)O. The van der Waals surface area contributed by atoms with Gasteiger partial charge in [-0.2, -0.15) is 0 Å². The minimum absolute atomic E-state index is 0.216. The van der Waals surface area contributed by atoms with E-state index in [0.29, 0.717) is 5.56 Å². The monoisotopic (exact) mass is 281 g/mol. The molecule has 0 fully saturated rings. The number of benzene rings is 1. The molecular formula is C18H19NO2. The van der Waals surface area contributed by atoms with Gasteiger partial charge >= 0.3 is 5.97 Å². The van der Waals surface area contributed by atoms with E-state index >= 15 is 0 Å². The highest BCUT2D eigenvalue weighted by molar-refractivity contribution is 5.89. The van der Waals surface area contributed by atoms with Gasteiger partial charge in [0.1, 0.15) is 0 Å². The Morgan fingerprint density at radius 3 is 2.86 bits per heavy atom. The van der Waals surface area contributed by atoms with Crippen LogP contribution in [0, 0.1) is 13.8 Å². The first-order valence-electron chi connectivity index (χ1n) is 7.36. The van der Waals surface area contributed by atoms with Crippen LogP contribution in [0.2, 0.25) is 0 Å². The number of nitrogens with zero attached hydrogens (tertiary/aromatic N) is 1. The molecule has 1 aromatic heterocycles. The van der Waals surface area contributed by atoms with Crippen molar-refractivity contribution in [1.82, 2.24) is 4.98 Å². The summed E-state index contributed by atoms with van der Waals surface area (Å²) in [6.45, 7) is 3.92. The summed E-state index contributed by atoms with van der Waals surface area (Å²) in [5.74, 6) is -0.639. The third-order valence-electron chi connectivity index (χ3n) is 4.41. The Balaban J connectivity index is 2.14. The highest BCUT2D eigenvalue weighted by atomic mass is 16.4. The number of carboxylic acid groups (broad SMARTS) is 1. The van der Waals surface area contributed by atoms with Gasteiger partial charge in [0.25, 0.3) is 0 Å². The van der Waals surface area contributed by atoms with E-state index in [4.69, 9.17) is 0 Å². The van der Waals surface area contributed by atoms with Crippen LogP contribution < -0.4 is 0 Å². The number of hydrogen-bond donors (Lipinski definition) is 1. The molecule has 1 aliphatic rings. The molecule has 3 nitrogen and oxygen atoms in total. The molecule has 0 aliphatic heterocycles. The van der Waals surface area contributed by atoms with Gasteiger partial charge in [-0.15, -0.1) is 0 Å². The van der Waals surface area contributed by atoms with E-state index in [2.05, 4.69) is 18.0 Å². The summed E-state index contributed by atoms with van der Waals surface area (Å²) in [6, 6.07) is 7.94. The second kappa shape index (κ2) is 5.32. The van der Waals surface area contributed by atoms with Gasteiger partial charge in [-0.1, -0.05) is 12.1 Å². The average molecular weight is 281 g/mol. The molecule has 1 aliphatic carbocycles. The normalized spacial score (nSPS) is 17.3. The minimum Gasteiger partial charge on any atom is -0.478 e. The third kappa shape index (κ3) is 2.44. The number of pyridine rings is 1. The van der Waals surface area contributed by atoms with Crippen LogP contribution in [0.4, 0.5) is 0 Å². The number of carboxylic acids is 1. The predicted molar refractivity (Wildman–Crippen MR) is 81.9 cm³/mol. The zero-order valence-electron chi connectivity index (χ0n) is 12.4. The van der Waals surface area contributed by atoms with Crippen LogP contribution in [0.1, 0.15) is 57.1 Å². The second-order valence-electron chi connectivity index (χ2n) is 5.82. The largest absolute Gasteiger partial charge is 0.478 e. The Hall–Kier alpha value is -2.16. The third-order valence-corrected chi connectivity index (χ3v) is 4.41. The summed E-state index contributed by atoms with van der Waals surface area (Å²) in [5, 5.41) is 9.36. The van der Waals surface area contributed by atoms with Crippen molar-refractivity contribution in [2.45, 2.75) is 39.0 Å². The maximum Gasteiger partial charge on any atom is 0.335 e. The number of aromatic carboxylic acids is 1. The van der Waals surface area contributed by atoms with Crippen molar-refractivity contribution in [3.8, 4) is 0 Å². The summed E-state index contributed by atoms with van der Waals surface area (Å²) < 4.78 is 0. The average Bonchev–Trinajstić information content (AvgIpc) is 2.46. The predicted octanol–water partition coefficient (Wildman–Crippen LogP) is 3.86. The number of aromatic nitrogens is 1. The first-order chi connectivity index (χ1) is 10.1. The van der Waals surface area contributed by atoms with E-state index in [1.54, 1.807) is 0 Å². The highest BCUT2D eigenvalue weighted by Crippen LogP contribution is 2.37. The van der Waals surface area contributed by atoms with E-state index in [1.165, 1.54) is 5.56 Å². The van der Waals surface area contributed by atoms with Crippen LogP contribution in [-0.4, -0.2) is 16.1 Å². The van der Waals surface area contributed by atoms with E-state index < -0.39 is 5.97 Å². The molecule has 1 aromatic carbocycles. The summed E-state index contributed by atoms with van der Waals surface area (Å²) >= 11 is 0. The second-order valence-corrected chi connectivity index (χ2v) is 5.82. The van der Waals surface area contributed by atoms with E-state index in [9.17, 15) is 9.90 Å². The molecule has 1 N–H and O–H groups in total. The maximum absolute atomic E-state index is 11.4. The fraction of sp³-hybridized carbons (Fsp3) is 0.333. The van der Waals surface area contributed by atoms with Gasteiger partial charge in [0.2, 0.25) is 0 Å². The van der Waals surface area contributed by atoms with Crippen LogP contribution in [0.3, 0.4) is 0 Å². The molecule has 3 heteroatoms. The Morgan fingerprint density at radius 2 is 2.10 bits per heavy atom. The van der Waals surface area contributed by atoms with Crippen molar-refractivity contribution in [3.63, 3.8) is 0 Å². The zero-order chi connectivity index (χ0) is 15.0. The summed E-state index contributed by atoms with van der Waals surface area (Å²) in [4.78, 5) is 16.0. The summed E-state index contributed by atoms with van der Waals surface area (Å²) in [5.41, 5.74) is 5.90. The van der Waals surface area contributed by atoms with Crippen molar-refractivity contribution >= 4 is 5.97 Å². The van der Waals surface area contributed by atoms with Gasteiger partial charge in [-0.25, -0.2) is 4.79 Å².